The van der Waals surface area contributed by atoms with Crippen molar-refractivity contribution in [1.29, 1.82) is 0 Å². The summed E-state index contributed by atoms with van der Waals surface area (Å²) in [4.78, 5) is 0. The second-order valence-corrected chi connectivity index (χ2v) is 4.99. The molecule has 0 amide bonds. The van der Waals surface area contributed by atoms with Gasteiger partial charge in [0.2, 0.25) is 0 Å². The van der Waals surface area contributed by atoms with Crippen LogP contribution in [-0.2, 0) is 6.18 Å². The van der Waals surface area contributed by atoms with E-state index in [0.717, 1.165) is 17.7 Å². The summed E-state index contributed by atoms with van der Waals surface area (Å²) in [6, 6.07) is 13.7. The zero-order valence-corrected chi connectivity index (χ0v) is 11.8. The summed E-state index contributed by atoms with van der Waals surface area (Å²) in [5, 5.41) is 4.17. The van der Waals surface area contributed by atoms with E-state index in [9.17, 15) is 13.2 Å². The molecule has 1 heterocycles. The van der Waals surface area contributed by atoms with Gasteiger partial charge < -0.3 is 4.52 Å². The average molecular weight is 324 g/mol. The third-order valence-electron chi connectivity index (χ3n) is 3.16. The van der Waals surface area contributed by atoms with E-state index in [-0.39, 0.29) is 10.8 Å². The van der Waals surface area contributed by atoms with Crippen LogP contribution >= 0.6 is 11.6 Å². The summed E-state index contributed by atoms with van der Waals surface area (Å²) in [6.07, 6.45) is -4.38. The zero-order chi connectivity index (χ0) is 15.7. The Labute approximate surface area is 129 Å². The van der Waals surface area contributed by atoms with Crippen molar-refractivity contribution in [2.75, 3.05) is 0 Å². The topological polar surface area (TPSA) is 26.0 Å². The van der Waals surface area contributed by atoms with Crippen molar-refractivity contribution >= 4 is 11.6 Å². The van der Waals surface area contributed by atoms with Crippen LogP contribution < -0.4 is 0 Å². The standard InChI is InChI=1S/C16H9ClF3NO/c17-13-14(10-4-2-1-3-5-10)21-22-15(13)11-6-8-12(9-7-11)16(18,19)20/h1-9H. The number of alkyl halides is 3. The number of nitrogens with zero attached hydrogens (tertiary/aromatic N) is 1. The highest BCUT2D eigenvalue weighted by molar-refractivity contribution is 6.35. The minimum Gasteiger partial charge on any atom is -0.354 e. The van der Waals surface area contributed by atoms with E-state index in [4.69, 9.17) is 16.1 Å². The molecule has 112 valence electrons. The molecule has 0 radical (unpaired) electrons. The number of benzene rings is 2. The maximum Gasteiger partial charge on any atom is 0.416 e. The minimum atomic E-state index is -4.38. The summed E-state index contributed by atoms with van der Waals surface area (Å²) >= 11 is 6.24. The molecule has 0 saturated heterocycles. The first-order chi connectivity index (χ1) is 10.5. The number of aromatic nitrogens is 1. The number of rotatable bonds is 2. The third-order valence-corrected chi connectivity index (χ3v) is 3.51. The molecule has 0 N–H and O–H groups in total. The van der Waals surface area contributed by atoms with Crippen LogP contribution in [0.25, 0.3) is 22.6 Å². The van der Waals surface area contributed by atoms with Gasteiger partial charge in [0.05, 0.1) is 5.56 Å². The molecule has 0 spiro atoms. The van der Waals surface area contributed by atoms with Crippen molar-refractivity contribution in [3.05, 3.63) is 65.2 Å². The van der Waals surface area contributed by atoms with Crippen LogP contribution in [0.2, 0.25) is 5.02 Å². The van der Waals surface area contributed by atoms with Crippen LogP contribution in [0, 0.1) is 0 Å². The van der Waals surface area contributed by atoms with Crippen LogP contribution in [0.3, 0.4) is 0 Å². The van der Waals surface area contributed by atoms with Crippen LogP contribution in [0.1, 0.15) is 5.56 Å². The first kappa shape index (κ1) is 14.7. The Balaban J connectivity index is 1.98. The summed E-state index contributed by atoms with van der Waals surface area (Å²) < 4.78 is 42.9. The number of hydrogen-bond donors (Lipinski definition) is 0. The quantitative estimate of drug-likeness (QED) is 0.606. The monoisotopic (exact) mass is 323 g/mol. The fourth-order valence-corrected chi connectivity index (χ4v) is 2.33. The first-order valence-corrected chi connectivity index (χ1v) is 6.73. The number of halogens is 4. The lowest BCUT2D eigenvalue weighted by Crippen LogP contribution is -2.03. The molecule has 0 atom stereocenters. The van der Waals surface area contributed by atoms with Gasteiger partial charge in [-0.15, -0.1) is 0 Å². The van der Waals surface area contributed by atoms with Crippen LogP contribution in [0.5, 0.6) is 0 Å². The maximum absolute atomic E-state index is 12.6. The van der Waals surface area contributed by atoms with Crippen molar-refractivity contribution in [3.8, 4) is 22.6 Å². The highest BCUT2D eigenvalue weighted by Gasteiger charge is 2.30. The fraction of sp³-hybridized carbons (Fsp3) is 0.0625. The second-order valence-electron chi connectivity index (χ2n) is 4.62. The SMILES string of the molecule is FC(F)(F)c1ccc(-c2onc(-c3ccccc3)c2Cl)cc1. The molecule has 6 heteroatoms. The fourth-order valence-electron chi connectivity index (χ4n) is 2.04. The van der Waals surface area contributed by atoms with Gasteiger partial charge in [0.15, 0.2) is 5.76 Å². The lowest BCUT2D eigenvalue weighted by Gasteiger charge is -2.06. The van der Waals surface area contributed by atoms with Gasteiger partial charge in [-0.1, -0.05) is 59.2 Å². The van der Waals surface area contributed by atoms with Gasteiger partial charge in [0.1, 0.15) is 10.7 Å². The molecule has 2 aromatic carbocycles. The molecule has 22 heavy (non-hydrogen) atoms. The molecule has 0 aliphatic rings. The first-order valence-electron chi connectivity index (χ1n) is 6.35. The van der Waals surface area contributed by atoms with Crippen LogP contribution in [0.15, 0.2) is 59.1 Å². The largest absolute Gasteiger partial charge is 0.416 e. The summed E-state index contributed by atoms with van der Waals surface area (Å²) in [5.74, 6) is 0.245. The molecule has 2 nitrogen and oxygen atoms in total. The van der Waals surface area contributed by atoms with Crippen LogP contribution in [-0.4, -0.2) is 5.16 Å². The molecule has 0 unspecified atom stereocenters. The van der Waals surface area contributed by atoms with Crippen molar-refractivity contribution in [1.82, 2.24) is 5.16 Å². The number of hydrogen-bond acceptors (Lipinski definition) is 2. The Bertz CT molecular complexity index is 779. The van der Waals surface area contributed by atoms with E-state index in [0.29, 0.717) is 11.3 Å². The molecule has 0 aliphatic carbocycles. The van der Waals surface area contributed by atoms with E-state index in [1.54, 1.807) is 0 Å². The Kier molecular flexibility index (Phi) is 3.66. The third kappa shape index (κ3) is 2.72. The average Bonchev–Trinajstić information content (AvgIpc) is 2.89. The van der Waals surface area contributed by atoms with Gasteiger partial charge in [-0.2, -0.15) is 13.2 Å². The summed E-state index contributed by atoms with van der Waals surface area (Å²) in [5.41, 5.74) is 0.939. The molecule has 1 aromatic heterocycles. The van der Waals surface area contributed by atoms with E-state index in [2.05, 4.69) is 5.16 Å². The van der Waals surface area contributed by atoms with Crippen molar-refractivity contribution < 1.29 is 17.7 Å². The normalized spacial score (nSPS) is 11.6. The van der Waals surface area contributed by atoms with E-state index < -0.39 is 11.7 Å². The maximum atomic E-state index is 12.6. The molecule has 3 rings (SSSR count). The van der Waals surface area contributed by atoms with Gasteiger partial charge in [0, 0.05) is 11.1 Å². The van der Waals surface area contributed by atoms with Crippen molar-refractivity contribution in [3.63, 3.8) is 0 Å². The molecular formula is C16H9ClF3NO. The Morgan fingerprint density at radius 2 is 1.50 bits per heavy atom. The molecule has 0 aliphatic heterocycles. The molecule has 0 saturated carbocycles. The smallest absolute Gasteiger partial charge is 0.354 e. The van der Waals surface area contributed by atoms with Gasteiger partial charge in [0.25, 0.3) is 0 Å². The van der Waals surface area contributed by atoms with Crippen molar-refractivity contribution in [2.45, 2.75) is 6.18 Å². The lowest BCUT2D eigenvalue weighted by molar-refractivity contribution is -0.137. The molecule has 0 bridgehead atoms. The minimum absolute atomic E-state index is 0.245. The van der Waals surface area contributed by atoms with Crippen molar-refractivity contribution in [2.24, 2.45) is 0 Å². The highest BCUT2D eigenvalue weighted by Crippen LogP contribution is 2.37. The summed E-state index contributed by atoms with van der Waals surface area (Å²) in [6.45, 7) is 0. The zero-order valence-electron chi connectivity index (χ0n) is 11.1. The van der Waals surface area contributed by atoms with Gasteiger partial charge in [-0.3, -0.25) is 0 Å². The lowest BCUT2D eigenvalue weighted by atomic mass is 10.1. The predicted molar refractivity (Wildman–Crippen MR) is 77.4 cm³/mol. The molecule has 0 fully saturated rings. The van der Waals surface area contributed by atoms with E-state index in [1.807, 2.05) is 30.3 Å². The Morgan fingerprint density at radius 3 is 2.09 bits per heavy atom. The van der Waals surface area contributed by atoms with E-state index in [1.165, 1.54) is 12.1 Å². The molecule has 3 aromatic rings. The van der Waals surface area contributed by atoms with Gasteiger partial charge in [-0.25, -0.2) is 0 Å². The second kappa shape index (κ2) is 5.50. The Hall–Kier alpha value is -2.27. The van der Waals surface area contributed by atoms with Gasteiger partial charge >= 0.3 is 6.18 Å². The Morgan fingerprint density at radius 1 is 0.864 bits per heavy atom. The predicted octanol–water partition coefficient (Wildman–Crippen LogP) is 5.68. The van der Waals surface area contributed by atoms with Crippen LogP contribution in [0.4, 0.5) is 13.2 Å². The molecular weight excluding hydrogens is 315 g/mol. The van der Waals surface area contributed by atoms with Gasteiger partial charge in [-0.05, 0) is 12.1 Å². The summed E-state index contributed by atoms with van der Waals surface area (Å²) in [7, 11) is 0. The highest BCUT2D eigenvalue weighted by atomic mass is 35.5. The van der Waals surface area contributed by atoms with E-state index >= 15 is 0 Å².